The first-order valence-electron chi connectivity index (χ1n) is 14.4. The van der Waals surface area contributed by atoms with Gasteiger partial charge in [-0.05, 0) is 0 Å². The van der Waals surface area contributed by atoms with Crippen LogP contribution in [0.5, 0.6) is 0 Å². The maximum atomic E-state index is 4.63. The minimum absolute atomic E-state index is 0. The van der Waals surface area contributed by atoms with Crippen molar-refractivity contribution in [3.63, 3.8) is 0 Å². The summed E-state index contributed by atoms with van der Waals surface area (Å²) in [5.74, 6) is 0. The molecular formula is C36H28Ir2N8-8. The Morgan fingerprint density at radius 2 is 0.348 bits per heavy atom. The molecule has 0 spiro atoms. The fourth-order valence-electron chi connectivity index (χ4n) is 5.02. The third kappa shape index (κ3) is 7.01. The van der Waals surface area contributed by atoms with Crippen LogP contribution in [0.25, 0.3) is 68.3 Å². The second-order valence-corrected chi connectivity index (χ2v) is 10.7. The molecule has 46 heavy (non-hydrogen) atoms. The van der Waals surface area contributed by atoms with E-state index in [9.17, 15) is 0 Å². The van der Waals surface area contributed by atoms with Gasteiger partial charge in [0.1, 0.15) is 0 Å². The van der Waals surface area contributed by atoms with Gasteiger partial charge in [0.25, 0.3) is 0 Å². The maximum Gasteiger partial charge on any atom is 0 e. The van der Waals surface area contributed by atoms with Crippen molar-refractivity contribution >= 4 is 0 Å². The van der Waals surface area contributed by atoms with Gasteiger partial charge < -0.3 is 39.9 Å². The molecule has 8 rings (SSSR count). The molecule has 0 saturated heterocycles. The van der Waals surface area contributed by atoms with Gasteiger partial charge in [-0.2, -0.15) is 91.1 Å². The van der Waals surface area contributed by atoms with Gasteiger partial charge >= 0.3 is 0 Å². The number of aryl methyl sites for hydroxylation is 4. The quantitative estimate of drug-likeness (QED) is 0.192. The van der Waals surface area contributed by atoms with E-state index in [0.717, 1.165) is 91.1 Å². The molecule has 0 aliphatic rings. The molecule has 0 unspecified atom stereocenters. The topological polar surface area (TPSA) is 113 Å². The first-order valence-corrected chi connectivity index (χ1v) is 14.4. The monoisotopic (exact) mass is 958 g/mol. The molecule has 8 aromatic heterocycles. The molecule has 0 atom stereocenters. The summed E-state index contributed by atoms with van der Waals surface area (Å²) in [7, 11) is 0. The third-order valence-electron chi connectivity index (χ3n) is 7.25. The van der Waals surface area contributed by atoms with E-state index in [-0.39, 0.29) is 40.2 Å². The van der Waals surface area contributed by atoms with Gasteiger partial charge in [0.15, 0.2) is 0 Å². The largest absolute Gasteiger partial charge is 0.662 e. The van der Waals surface area contributed by atoms with Crippen molar-refractivity contribution in [3.8, 4) is 68.3 Å². The van der Waals surface area contributed by atoms with Crippen LogP contribution < -0.4 is 39.9 Å². The Bertz CT molecular complexity index is 1840. The minimum Gasteiger partial charge on any atom is -0.662 e. The SMILES string of the molecule is Cc1ccc(-c2ccc(-c3ccc(-c4ccc(C)[n-]4)[n-]3)[n-]2)[n-]1.Cc1ccc(-c2ccc(-c3ccc(-c4ccc(C)[n-]4)[n-]3)[n-]2)[n-]1.[Ir].[Ir]. The summed E-state index contributed by atoms with van der Waals surface area (Å²) in [5.41, 5.74) is 14.6. The summed E-state index contributed by atoms with van der Waals surface area (Å²) < 4.78 is 0. The van der Waals surface area contributed by atoms with E-state index in [1.165, 1.54) is 0 Å². The second kappa shape index (κ2) is 13.9. The molecule has 0 aromatic carbocycles. The molecule has 0 aliphatic heterocycles. The van der Waals surface area contributed by atoms with Crippen molar-refractivity contribution in [2.75, 3.05) is 0 Å². The van der Waals surface area contributed by atoms with Gasteiger partial charge in [0, 0.05) is 40.2 Å². The van der Waals surface area contributed by atoms with Crippen LogP contribution in [0.15, 0.2) is 97.1 Å². The molecule has 0 aliphatic carbocycles. The molecule has 0 bridgehead atoms. The van der Waals surface area contributed by atoms with E-state index in [4.69, 9.17) is 0 Å². The van der Waals surface area contributed by atoms with Crippen LogP contribution in [-0.4, -0.2) is 0 Å². The molecule has 8 aromatic rings. The Labute approximate surface area is 294 Å². The normalized spacial score (nSPS) is 10.7. The molecule has 238 valence electrons. The predicted octanol–water partition coefficient (Wildman–Crippen LogP) is 6.26. The summed E-state index contributed by atoms with van der Waals surface area (Å²) in [6.07, 6.45) is 0. The third-order valence-corrected chi connectivity index (χ3v) is 7.25. The van der Waals surface area contributed by atoms with E-state index < -0.39 is 0 Å². The number of hydrogen-bond donors (Lipinski definition) is 0. The molecule has 8 nitrogen and oxygen atoms in total. The zero-order valence-electron chi connectivity index (χ0n) is 25.5. The molecule has 8 heterocycles. The van der Waals surface area contributed by atoms with Crippen LogP contribution in [-0.2, 0) is 40.2 Å². The van der Waals surface area contributed by atoms with E-state index in [1.54, 1.807) is 0 Å². The summed E-state index contributed by atoms with van der Waals surface area (Å²) in [6.45, 7) is 7.92. The second-order valence-electron chi connectivity index (χ2n) is 10.7. The molecule has 2 radical (unpaired) electrons. The summed E-state index contributed by atoms with van der Waals surface area (Å²) in [4.78, 5) is 36.3. The Morgan fingerprint density at radius 1 is 0.217 bits per heavy atom. The molecular weight excluding hydrogens is 929 g/mol. The average Bonchev–Trinajstić information content (AvgIpc) is 3.85. The van der Waals surface area contributed by atoms with E-state index >= 15 is 0 Å². The van der Waals surface area contributed by atoms with Gasteiger partial charge in [0.05, 0.1) is 0 Å². The molecule has 10 heteroatoms. The van der Waals surface area contributed by atoms with E-state index in [2.05, 4.69) is 39.9 Å². The Kier molecular flexibility index (Phi) is 9.94. The zero-order valence-corrected chi connectivity index (χ0v) is 30.3. The summed E-state index contributed by atoms with van der Waals surface area (Å²) >= 11 is 0. The van der Waals surface area contributed by atoms with E-state index in [1.807, 2.05) is 125 Å². The number of aromatic nitrogens is 8. The van der Waals surface area contributed by atoms with Crippen molar-refractivity contribution in [1.82, 2.24) is 39.9 Å². The van der Waals surface area contributed by atoms with Crippen molar-refractivity contribution in [3.05, 3.63) is 120 Å². The van der Waals surface area contributed by atoms with Gasteiger partial charge in [-0.15, -0.1) is 0 Å². The summed E-state index contributed by atoms with van der Waals surface area (Å²) in [5, 5.41) is 0. The number of hydrogen-bond acceptors (Lipinski definition) is 0. The van der Waals surface area contributed by atoms with Gasteiger partial charge in [-0.3, -0.25) is 0 Å². The average molecular weight is 957 g/mol. The Morgan fingerprint density at radius 3 is 0.478 bits per heavy atom. The number of rotatable bonds is 6. The van der Waals surface area contributed by atoms with Gasteiger partial charge in [0.2, 0.25) is 0 Å². The molecule has 0 amide bonds. The smallest absolute Gasteiger partial charge is 0 e. The van der Waals surface area contributed by atoms with Crippen LogP contribution in [0.4, 0.5) is 0 Å². The molecule has 0 N–H and O–H groups in total. The Hall–Kier alpha value is -4.46. The maximum absolute atomic E-state index is 4.63. The van der Waals surface area contributed by atoms with Crippen molar-refractivity contribution in [2.45, 2.75) is 27.7 Å². The molecule has 0 fully saturated rings. The van der Waals surface area contributed by atoms with Crippen molar-refractivity contribution < 1.29 is 40.2 Å². The van der Waals surface area contributed by atoms with Crippen LogP contribution in [0.3, 0.4) is 0 Å². The van der Waals surface area contributed by atoms with Crippen molar-refractivity contribution in [1.29, 1.82) is 0 Å². The summed E-state index contributed by atoms with van der Waals surface area (Å²) in [6, 6.07) is 31.8. The standard InChI is InChI=1S/2C18H14N4.2Ir/c2*1-11-3-5-13(19-11)15-7-9-17(21-15)18-10-8-16(22-18)14-6-4-12(2)20-14;;/h2*3-10H,1-2H3;;/q2*-4;;. The first-order chi connectivity index (χ1) is 21.4. The van der Waals surface area contributed by atoms with Crippen LogP contribution in [0.2, 0.25) is 0 Å². The van der Waals surface area contributed by atoms with Crippen LogP contribution in [0, 0.1) is 27.7 Å². The molecule has 0 saturated carbocycles. The van der Waals surface area contributed by atoms with Crippen LogP contribution >= 0.6 is 0 Å². The Balaban J connectivity index is 0.000000174. The number of nitrogens with zero attached hydrogens (tertiary/aromatic N) is 8. The van der Waals surface area contributed by atoms with Gasteiger partial charge in [-0.1, -0.05) is 125 Å². The van der Waals surface area contributed by atoms with E-state index in [0.29, 0.717) is 0 Å². The fraction of sp³-hybridized carbons (Fsp3) is 0.111. The minimum atomic E-state index is 0. The van der Waals surface area contributed by atoms with Gasteiger partial charge in [-0.25, -0.2) is 0 Å². The fourth-order valence-corrected chi connectivity index (χ4v) is 5.02. The van der Waals surface area contributed by atoms with Crippen molar-refractivity contribution in [2.24, 2.45) is 0 Å². The van der Waals surface area contributed by atoms with Crippen LogP contribution in [0.1, 0.15) is 22.8 Å². The first kappa shape index (κ1) is 32.9. The zero-order chi connectivity index (χ0) is 30.2. The predicted molar refractivity (Wildman–Crippen MR) is 171 cm³/mol.